The van der Waals surface area contributed by atoms with E-state index in [4.69, 9.17) is 17.3 Å². The number of hydrogen-bond donors (Lipinski definition) is 2. The lowest BCUT2D eigenvalue weighted by molar-refractivity contribution is -0.123. The van der Waals surface area contributed by atoms with Gasteiger partial charge >= 0.3 is 0 Å². The lowest BCUT2D eigenvalue weighted by atomic mass is 10.1. The van der Waals surface area contributed by atoms with Gasteiger partial charge in [-0.3, -0.25) is 4.79 Å². The first kappa shape index (κ1) is 18.2. The van der Waals surface area contributed by atoms with E-state index in [0.29, 0.717) is 30.8 Å². The van der Waals surface area contributed by atoms with Gasteiger partial charge in [0.05, 0.1) is 4.90 Å². The highest BCUT2D eigenvalue weighted by Crippen LogP contribution is 2.41. The second-order valence-corrected chi connectivity index (χ2v) is 8.88. The van der Waals surface area contributed by atoms with Crippen molar-refractivity contribution in [3.05, 3.63) is 29.3 Å². The first-order chi connectivity index (χ1) is 10.8. The summed E-state index contributed by atoms with van der Waals surface area (Å²) in [6.45, 7) is 2.23. The van der Waals surface area contributed by atoms with Gasteiger partial charge in [0, 0.05) is 17.6 Å². The fourth-order valence-electron chi connectivity index (χ4n) is 2.98. The highest BCUT2D eigenvalue weighted by atomic mass is 35.5. The molecule has 1 unspecified atom stereocenters. The molecule has 0 saturated heterocycles. The Morgan fingerprint density at radius 2 is 1.87 bits per heavy atom. The van der Waals surface area contributed by atoms with E-state index >= 15 is 0 Å². The van der Waals surface area contributed by atoms with E-state index in [1.54, 1.807) is 0 Å². The Balaban J connectivity index is 2.29. The van der Waals surface area contributed by atoms with Crippen molar-refractivity contribution in [3.63, 3.8) is 0 Å². The van der Waals surface area contributed by atoms with Gasteiger partial charge in [-0.2, -0.15) is 0 Å². The molecule has 1 aliphatic rings. The minimum Gasteiger partial charge on any atom is -0.355 e. The van der Waals surface area contributed by atoms with Gasteiger partial charge in [-0.15, -0.1) is 0 Å². The van der Waals surface area contributed by atoms with Gasteiger partial charge in [-0.05, 0) is 50.5 Å². The van der Waals surface area contributed by atoms with E-state index in [1.165, 1.54) is 24.3 Å². The van der Waals surface area contributed by atoms with Crippen molar-refractivity contribution in [2.75, 3.05) is 6.54 Å². The fourth-order valence-corrected chi connectivity index (χ4v) is 5.19. The molecule has 1 amide bonds. The molecular weight excluding hydrogens is 336 g/mol. The number of halogens is 1. The van der Waals surface area contributed by atoms with Crippen LogP contribution in [0, 0.1) is 0 Å². The minimum absolute atomic E-state index is 0.0392. The summed E-state index contributed by atoms with van der Waals surface area (Å²) in [5.41, 5.74) is 5.67. The van der Waals surface area contributed by atoms with Crippen LogP contribution >= 0.6 is 11.6 Å². The number of nitrogens with two attached hydrogens (primary N) is 1. The maximum atomic E-state index is 13.1. The first-order valence-corrected chi connectivity index (χ1v) is 9.70. The Hall–Kier alpha value is -1.11. The molecule has 1 atom stereocenters. The third kappa shape index (κ3) is 3.70. The van der Waals surface area contributed by atoms with Crippen molar-refractivity contribution in [2.45, 2.75) is 54.7 Å². The van der Waals surface area contributed by atoms with Crippen LogP contribution in [0.3, 0.4) is 0 Å². The molecule has 0 aliphatic heterocycles. The minimum atomic E-state index is -3.77. The lowest BCUT2D eigenvalue weighted by Crippen LogP contribution is -2.51. The number of benzene rings is 1. The number of sulfone groups is 1. The highest BCUT2D eigenvalue weighted by Gasteiger charge is 2.52. The van der Waals surface area contributed by atoms with Crippen LogP contribution in [0.15, 0.2) is 29.2 Å². The summed E-state index contributed by atoms with van der Waals surface area (Å²) in [6, 6.07) is 5.96. The smallest absolute Gasteiger partial charge is 0.241 e. The number of carbonyl (C=O) groups excluding carboxylic acids is 1. The van der Waals surface area contributed by atoms with Gasteiger partial charge in [0.2, 0.25) is 5.91 Å². The highest BCUT2D eigenvalue weighted by molar-refractivity contribution is 7.93. The van der Waals surface area contributed by atoms with Crippen molar-refractivity contribution in [1.29, 1.82) is 0 Å². The van der Waals surface area contributed by atoms with Gasteiger partial charge in [0.15, 0.2) is 14.6 Å². The largest absolute Gasteiger partial charge is 0.355 e. The summed E-state index contributed by atoms with van der Waals surface area (Å²) in [5, 5.41) is 3.22. The number of carbonyl (C=O) groups is 1. The van der Waals surface area contributed by atoms with Crippen LogP contribution in [0.4, 0.5) is 0 Å². The average molecular weight is 359 g/mol. The number of nitrogens with one attached hydrogen (secondary N) is 1. The van der Waals surface area contributed by atoms with Gasteiger partial charge in [0.25, 0.3) is 0 Å². The molecule has 1 fully saturated rings. The molecule has 0 bridgehead atoms. The molecule has 23 heavy (non-hydrogen) atoms. The normalized spacial score (nSPS) is 18.6. The predicted octanol–water partition coefficient (Wildman–Crippen LogP) is 2.28. The zero-order chi connectivity index (χ0) is 17.1. The Kier molecular flexibility index (Phi) is 5.70. The Bertz CT molecular complexity index is 650. The lowest BCUT2D eigenvalue weighted by Gasteiger charge is -2.28. The molecule has 1 aromatic rings. The van der Waals surface area contributed by atoms with E-state index < -0.39 is 20.5 Å². The predicted molar refractivity (Wildman–Crippen MR) is 91.1 cm³/mol. The van der Waals surface area contributed by atoms with Crippen LogP contribution in [-0.4, -0.2) is 31.7 Å². The molecule has 7 heteroatoms. The van der Waals surface area contributed by atoms with Crippen LogP contribution in [0.25, 0.3) is 0 Å². The Morgan fingerprint density at radius 1 is 1.30 bits per heavy atom. The zero-order valence-corrected chi connectivity index (χ0v) is 14.8. The van der Waals surface area contributed by atoms with Gasteiger partial charge < -0.3 is 11.1 Å². The SMILES string of the molecule is CC(N)CCNC(=O)C1(S(=O)(=O)c2ccc(Cl)cc2)CCCC1. The van der Waals surface area contributed by atoms with Crippen LogP contribution < -0.4 is 11.1 Å². The molecule has 1 aliphatic carbocycles. The Morgan fingerprint density at radius 3 is 2.39 bits per heavy atom. The molecule has 3 N–H and O–H groups in total. The summed E-state index contributed by atoms with van der Waals surface area (Å²) in [5.74, 6) is -0.411. The van der Waals surface area contributed by atoms with E-state index in [0.717, 1.165) is 12.8 Å². The maximum Gasteiger partial charge on any atom is 0.241 e. The van der Waals surface area contributed by atoms with E-state index in [-0.39, 0.29) is 10.9 Å². The van der Waals surface area contributed by atoms with Crippen LogP contribution in [0.1, 0.15) is 39.0 Å². The summed E-state index contributed by atoms with van der Waals surface area (Å²) < 4.78 is 24.8. The average Bonchev–Trinajstić information content (AvgIpc) is 2.98. The molecule has 0 aromatic heterocycles. The molecule has 0 spiro atoms. The van der Waals surface area contributed by atoms with Crippen molar-refractivity contribution in [2.24, 2.45) is 5.73 Å². The molecular formula is C16H23ClN2O3S. The maximum absolute atomic E-state index is 13.1. The molecule has 128 valence electrons. The summed E-state index contributed by atoms with van der Waals surface area (Å²) >= 11 is 5.83. The van der Waals surface area contributed by atoms with Gasteiger partial charge in [0.1, 0.15) is 0 Å². The van der Waals surface area contributed by atoms with E-state index in [9.17, 15) is 13.2 Å². The Labute approximate surface area is 142 Å². The van der Waals surface area contributed by atoms with Crippen LogP contribution in [0.5, 0.6) is 0 Å². The molecule has 0 radical (unpaired) electrons. The number of amides is 1. The monoisotopic (exact) mass is 358 g/mol. The number of rotatable bonds is 6. The first-order valence-electron chi connectivity index (χ1n) is 7.84. The third-order valence-corrected chi connectivity index (χ3v) is 7.12. The van der Waals surface area contributed by atoms with Crippen molar-refractivity contribution in [1.82, 2.24) is 5.32 Å². The zero-order valence-electron chi connectivity index (χ0n) is 13.2. The second-order valence-electron chi connectivity index (χ2n) is 6.18. The van der Waals surface area contributed by atoms with E-state index in [2.05, 4.69) is 5.32 Å². The van der Waals surface area contributed by atoms with Crippen molar-refractivity contribution in [3.8, 4) is 0 Å². The second kappa shape index (κ2) is 7.20. The topological polar surface area (TPSA) is 89.3 Å². The molecule has 1 saturated carbocycles. The van der Waals surface area contributed by atoms with Crippen LogP contribution in [-0.2, 0) is 14.6 Å². The summed E-state index contributed by atoms with van der Waals surface area (Å²) in [4.78, 5) is 12.8. The van der Waals surface area contributed by atoms with Gasteiger partial charge in [-0.25, -0.2) is 8.42 Å². The van der Waals surface area contributed by atoms with Crippen molar-refractivity contribution < 1.29 is 13.2 Å². The van der Waals surface area contributed by atoms with Crippen LogP contribution in [0.2, 0.25) is 5.02 Å². The third-order valence-electron chi connectivity index (χ3n) is 4.35. The molecule has 5 nitrogen and oxygen atoms in total. The van der Waals surface area contributed by atoms with Crippen molar-refractivity contribution >= 4 is 27.3 Å². The van der Waals surface area contributed by atoms with E-state index in [1.807, 2.05) is 6.92 Å². The molecule has 1 aromatic carbocycles. The standard InChI is InChI=1S/C16H23ClN2O3S/c1-12(18)8-11-19-15(20)16(9-2-3-10-16)23(21,22)14-6-4-13(17)5-7-14/h4-7,12H,2-3,8-11,18H2,1H3,(H,19,20). The quantitative estimate of drug-likeness (QED) is 0.816. The van der Waals surface area contributed by atoms with Gasteiger partial charge in [-0.1, -0.05) is 24.4 Å². The number of hydrogen-bond acceptors (Lipinski definition) is 4. The summed E-state index contributed by atoms with van der Waals surface area (Å²) in [6.07, 6.45) is 2.77. The molecule has 2 rings (SSSR count). The summed E-state index contributed by atoms with van der Waals surface area (Å²) in [7, 11) is -3.77. The molecule has 0 heterocycles. The fraction of sp³-hybridized carbons (Fsp3) is 0.562.